The molecule has 55 heavy (non-hydrogen) atoms. The highest BCUT2D eigenvalue weighted by atomic mass is 16.7. The minimum atomic E-state index is -0.696. The number of allylic oxidation sites excluding steroid dienone is 2. The second kappa shape index (κ2) is 18.6. The average molecular weight is 751 g/mol. The Morgan fingerprint density at radius 3 is 2.22 bits per heavy atom. The number of unbranched alkanes of at least 4 members (excludes halogenated alkanes) is 1. The molecule has 2 aliphatic heterocycles. The lowest BCUT2D eigenvalue weighted by Crippen LogP contribution is -2.45. The van der Waals surface area contributed by atoms with E-state index in [-0.39, 0.29) is 24.4 Å². The van der Waals surface area contributed by atoms with Crippen LogP contribution in [0.4, 0.5) is 11.4 Å². The van der Waals surface area contributed by atoms with Gasteiger partial charge in [0.1, 0.15) is 12.5 Å². The first-order valence-electron chi connectivity index (χ1n) is 19.3. The standard InChI is InChI=1S/C45H54N2O8/c1-32(2)44(49)55-34(4)51-25-13-12-24-50-33(3)54-43(48)22-23-45(5,37-18-20-41-35(26-37)28-46(30-52-41)39-14-8-6-9-15-39)38-19-21-42-36(27-38)29-47(31-53-42)40-16-10-7-11-17-40/h6-11,14-21,26-27,33-35,41H,1,12-13,22-25,28-31H2,2-5H3. The number of para-hydroxylation sites is 2. The van der Waals surface area contributed by atoms with Crippen LogP contribution in [0.2, 0.25) is 0 Å². The third kappa shape index (κ3) is 10.4. The smallest absolute Gasteiger partial charge is 0.335 e. The van der Waals surface area contributed by atoms with Gasteiger partial charge in [0.25, 0.3) is 0 Å². The van der Waals surface area contributed by atoms with Crippen molar-refractivity contribution >= 4 is 23.3 Å². The van der Waals surface area contributed by atoms with Gasteiger partial charge in [-0.25, -0.2) is 4.79 Å². The lowest BCUT2D eigenvalue weighted by molar-refractivity contribution is -0.177. The highest BCUT2D eigenvalue weighted by Gasteiger charge is 2.37. The molecule has 3 aromatic rings. The number of ether oxygens (including phenoxy) is 6. The van der Waals surface area contributed by atoms with Crippen LogP contribution >= 0.6 is 0 Å². The minimum Gasteiger partial charge on any atom is -0.473 e. The summed E-state index contributed by atoms with van der Waals surface area (Å²) in [5.74, 6) is 0.224. The molecule has 3 aliphatic rings. The molecule has 0 N–H and O–H groups in total. The zero-order valence-corrected chi connectivity index (χ0v) is 32.5. The summed E-state index contributed by atoms with van der Waals surface area (Å²) in [5, 5.41) is 0. The predicted octanol–water partition coefficient (Wildman–Crippen LogP) is 8.22. The molecule has 6 rings (SSSR count). The van der Waals surface area contributed by atoms with E-state index in [1.54, 1.807) is 20.8 Å². The maximum absolute atomic E-state index is 13.4. The fraction of sp³-hybridized carbons (Fsp3) is 0.422. The Kier molecular flexibility index (Phi) is 13.5. The van der Waals surface area contributed by atoms with Gasteiger partial charge >= 0.3 is 11.9 Å². The van der Waals surface area contributed by atoms with Crippen LogP contribution in [0, 0.1) is 5.92 Å². The van der Waals surface area contributed by atoms with Crippen LogP contribution in [0.15, 0.2) is 115 Å². The third-order valence-corrected chi connectivity index (χ3v) is 10.4. The van der Waals surface area contributed by atoms with Crippen molar-refractivity contribution in [3.8, 4) is 5.75 Å². The topological polar surface area (TPSA) is 96.0 Å². The maximum atomic E-state index is 13.4. The number of hydrogen-bond donors (Lipinski definition) is 0. The molecule has 0 radical (unpaired) electrons. The molecule has 2 heterocycles. The zero-order valence-electron chi connectivity index (χ0n) is 32.5. The molecular formula is C45H54N2O8. The number of fused-ring (bicyclic) bond motifs is 2. The van der Waals surface area contributed by atoms with Gasteiger partial charge in [-0.15, -0.1) is 0 Å². The summed E-state index contributed by atoms with van der Waals surface area (Å²) in [6, 6.07) is 27.1. The van der Waals surface area contributed by atoms with Crippen molar-refractivity contribution in [1.29, 1.82) is 0 Å². The molecule has 0 aromatic heterocycles. The molecule has 3 aromatic carbocycles. The van der Waals surface area contributed by atoms with Crippen LogP contribution < -0.4 is 14.5 Å². The molecule has 1 aliphatic carbocycles. The Morgan fingerprint density at radius 2 is 1.55 bits per heavy atom. The van der Waals surface area contributed by atoms with E-state index in [0.29, 0.717) is 58.1 Å². The van der Waals surface area contributed by atoms with Crippen LogP contribution in [-0.4, -0.2) is 63.8 Å². The van der Waals surface area contributed by atoms with Gasteiger partial charge in [-0.1, -0.05) is 74.2 Å². The molecule has 1 saturated heterocycles. The van der Waals surface area contributed by atoms with Gasteiger partial charge in [-0.2, -0.15) is 0 Å². The second-order valence-corrected chi connectivity index (χ2v) is 14.7. The van der Waals surface area contributed by atoms with Gasteiger partial charge in [-0.3, -0.25) is 4.79 Å². The Bertz CT molecular complexity index is 1830. The number of carbonyl (C=O) groups excluding carboxylic acids is 2. The summed E-state index contributed by atoms with van der Waals surface area (Å²) in [6.45, 7) is 14.2. The van der Waals surface area contributed by atoms with Crippen LogP contribution in [0.3, 0.4) is 0 Å². The third-order valence-electron chi connectivity index (χ3n) is 10.4. The number of nitrogens with zero attached hydrogens (tertiary/aromatic N) is 2. The summed E-state index contributed by atoms with van der Waals surface area (Å²) < 4.78 is 34.8. The number of benzene rings is 3. The van der Waals surface area contributed by atoms with E-state index in [1.165, 1.54) is 0 Å². The summed E-state index contributed by atoms with van der Waals surface area (Å²) in [7, 11) is 0. The van der Waals surface area contributed by atoms with Gasteiger partial charge < -0.3 is 38.2 Å². The summed E-state index contributed by atoms with van der Waals surface area (Å²) in [6.07, 6.45) is 7.45. The first-order valence-corrected chi connectivity index (χ1v) is 19.3. The monoisotopic (exact) mass is 750 g/mol. The van der Waals surface area contributed by atoms with Crippen molar-refractivity contribution in [3.63, 3.8) is 0 Å². The van der Waals surface area contributed by atoms with Crippen molar-refractivity contribution in [3.05, 3.63) is 126 Å². The largest absolute Gasteiger partial charge is 0.473 e. The van der Waals surface area contributed by atoms with E-state index in [1.807, 2.05) is 24.3 Å². The molecule has 0 saturated carbocycles. The van der Waals surface area contributed by atoms with Crippen LogP contribution in [0.25, 0.3) is 0 Å². The first kappa shape index (κ1) is 39.8. The van der Waals surface area contributed by atoms with Gasteiger partial charge in [-0.05, 0) is 87.6 Å². The Balaban J connectivity index is 1.11. The SMILES string of the molecule is C=C(C)C(=O)OC(C)OCCCCOC(C)OC(=O)CCC(C)(C1=CC2CN(c3ccccc3)COC2C=C1)c1ccc2c(c1)CN(c1ccccc1)CO2. The number of esters is 2. The molecule has 5 unspecified atom stereocenters. The fourth-order valence-corrected chi connectivity index (χ4v) is 7.19. The fourth-order valence-electron chi connectivity index (χ4n) is 7.19. The lowest BCUT2D eigenvalue weighted by Gasteiger charge is -2.42. The van der Waals surface area contributed by atoms with Crippen LogP contribution in [-0.2, 0) is 45.2 Å². The highest BCUT2D eigenvalue weighted by molar-refractivity contribution is 5.87. The van der Waals surface area contributed by atoms with Crippen molar-refractivity contribution in [2.45, 2.75) is 84.0 Å². The predicted molar refractivity (Wildman–Crippen MR) is 212 cm³/mol. The van der Waals surface area contributed by atoms with E-state index >= 15 is 0 Å². The van der Waals surface area contributed by atoms with E-state index in [2.05, 4.69) is 96.1 Å². The van der Waals surface area contributed by atoms with Gasteiger partial charge in [0, 0.05) is 53.4 Å². The number of anilines is 2. The van der Waals surface area contributed by atoms with Crippen molar-refractivity contribution in [1.82, 2.24) is 0 Å². The molecule has 5 atom stereocenters. The minimum absolute atomic E-state index is 0.0127. The Hall–Kier alpha value is -4.90. The number of rotatable bonds is 17. The molecular weight excluding hydrogens is 697 g/mol. The summed E-state index contributed by atoms with van der Waals surface area (Å²) in [4.78, 5) is 29.5. The van der Waals surface area contributed by atoms with Gasteiger partial charge in [0.2, 0.25) is 0 Å². The second-order valence-electron chi connectivity index (χ2n) is 14.7. The van der Waals surface area contributed by atoms with E-state index in [4.69, 9.17) is 28.4 Å². The molecule has 0 bridgehead atoms. The maximum Gasteiger partial charge on any atom is 0.335 e. The highest BCUT2D eigenvalue weighted by Crippen LogP contribution is 2.43. The van der Waals surface area contributed by atoms with Crippen LogP contribution in [0.5, 0.6) is 5.75 Å². The van der Waals surface area contributed by atoms with Crippen LogP contribution in [0.1, 0.15) is 64.5 Å². The normalized spacial score (nSPS) is 19.8. The first-order chi connectivity index (χ1) is 26.6. The molecule has 10 heteroatoms. The van der Waals surface area contributed by atoms with Crippen molar-refractivity contribution in [2.24, 2.45) is 5.92 Å². The molecule has 0 spiro atoms. The molecule has 0 amide bonds. The van der Waals surface area contributed by atoms with Crippen molar-refractivity contribution in [2.75, 3.05) is 43.0 Å². The summed E-state index contributed by atoms with van der Waals surface area (Å²) in [5.41, 5.74) is 5.41. The quantitative estimate of drug-likeness (QED) is 0.0581. The van der Waals surface area contributed by atoms with E-state index in [9.17, 15) is 9.59 Å². The Morgan fingerprint density at radius 1 is 0.891 bits per heavy atom. The van der Waals surface area contributed by atoms with Crippen molar-refractivity contribution < 1.29 is 38.0 Å². The number of hydrogen-bond acceptors (Lipinski definition) is 10. The van der Waals surface area contributed by atoms with E-state index < -0.39 is 24.0 Å². The van der Waals surface area contributed by atoms with E-state index in [0.717, 1.165) is 40.4 Å². The molecule has 1 fully saturated rings. The number of carbonyl (C=O) groups is 2. The summed E-state index contributed by atoms with van der Waals surface area (Å²) >= 11 is 0. The van der Waals surface area contributed by atoms with Gasteiger partial charge in [0.05, 0.1) is 19.3 Å². The average Bonchev–Trinajstić information content (AvgIpc) is 3.21. The van der Waals surface area contributed by atoms with Gasteiger partial charge in [0.15, 0.2) is 19.3 Å². The molecule has 10 nitrogen and oxygen atoms in total. The Labute approximate surface area is 325 Å². The lowest BCUT2D eigenvalue weighted by atomic mass is 9.69. The zero-order chi connectivity index (χ0) is 38.8. The molecule has 292 valence electrons.